The van der Waals surface area contributed by atoms with Gasteiger partial charge in [-0.3, -0.25) is 14.5 Å². The number of benzene rings is 3. The van der Waals surface area contributed by atoms with Crippen LogP contribution in [0.15, 0.2) is 71.6 Å². The Morgan fingerprint density at radius 2 is 1.81 bits per heavy atom. The van der Waals surface area contributed by atoms with Crippen LogP contribution in [0.1, 0.15) is 22.3 Å². The van der Waals surface area contributed by atoms with E-state index in [2.05, 4.69) is 0 Å². The number of carbonyl (C=O) groups excluding carboxylic acids is 2. The lowest BCUT2D eigenvalue weighted by Gasteiger charge is -2.12. The Labute approximate surface area is 194 Å². The van der Waals surface area contributed by atoms with Crippen molar-refractivity contribution in [3.63, 3.8) is 0 Å². The average molecular weight is 468 g/mol. The van der Waals surface area contributed by atoms with Crippen LogP contribution in [-0.4, -0.2) is 16.0 Å². The van der Waals surface area contributed by atoms with Gasteiger partial charge in [-0.1, -0.05) is 59.6 Å². The first kappa shape index (κ1) is 22.1. The van der Waals surface area contributed by atoms with Gasteiger partial charge in [0.1, 0.15) is 18.2 Å². The van der Waals surface area contributed by atoms with Crippen LogP contribution in [0, 0.1) is 12.7 Å². The molecule has 4 rings (SSSR count). The molecule has 0 saturated carbocycles. The fraction of sp³-hybridized carbons (Fsp3) is 0.120. The molecule has 3 aromatic carbocycles. The maximum atomic E-state index is 13.3. The summed E-state index contributed by atoms with van der Waals surface area (Å²) in [6, 6.07) is 19.0. The Morgan fingerprint density at radius 1 is 1.03 bits per heavy atom. The van der Waals surface area contributed by atoms with Gasteiger partial charge in [0.25, 0.3) is 11.1 Å². The lowest BCUT2D eigenvalue weighted by Crippen LogP contribution is -2.27. The molecule has 32 heavy (non-hydrogen) atoms. The molecule has 0 aromatic heterocycles. The SMILES string of the molecule is Cc1ccc(CN2C(=O)S/C(=C\c3ccc(OCc4cccc(F)c4)c(Cl)c3)C2=O)cc1. The summed E-state index contributed by atoms with van der Waals surface area (Å²) in [5.41, 5.74) is 3.37. The van der Waals surface area contributed by atoms with Gasteiger partial charge in [0, 0.05) is 0 Å². The number of carbonyl (C=O) groups is 2. The Morgan fingerprint density at radius 3 is 2.53 bits per heavy atom. The van der Waals surface area contributed by atoms with Crippen LogP contribution >= 0.6 is 23.4 Å². The van der Waals surface area contributed by atoms with Gasteiger partial charge in [-0.05, 0) is 65.7 Å². The molecule has 1 aliphatic heterocycles. The quantitative estimate of drug-likeness (QED) is 0.383. The molecule has 0 N–H and O–H groups in total. The van der Waals surface area contributed by atoms with E-state index in [1.165, 1.54) is 17.0 Å². The van der Waals surface area contributed by atoms with E-state index in [0.717, 1.165) is 22.9 Å². The lowest BCUT2D eigenvalue weighted by molar-refractivity contribution is -0.123. The molecule has 0 aliphatic carbocycles. The smallest absolute Gasteiger partial charge is 0.293 e. The van der Waals surface area contributed by atoms with Crippen LogP contribution in [-0.2, 0) is 17.9 Å². The van der Waals surface area contributed by atoms with Gasteiger partial charge < -0.3 is 4.74 Å². The van der Waals surface area contributed by atoms with E-state index in [-0.39, 0.29) is 30.1 Å². The van der Waals surface area contributed by atoms with Crippen LogP contribution in [0.2, 0.25) is 5.02 Å². The second-order valence-electron chi connectivity index (χ2n) is 7.36. The largest absolute Gasteiger partial charge is 0.487 e. The minimum Gasteiger partial charge on any atom is -0.487 e. The zero-order valence-electron chi connectivity index (χ0n) is 17.2. The van der Waals surface area contributed by atoms with Gasteiger partial charge in [0.05, 0.1) is 16.5 Å². The summed E-state index contributed by atoms with van der Waals surface area (Å²) in [5.74, 6) is -0.215. The van der Waals surface area contributed by atoms with Crippen molar-refractivity contribution in [3.05, 3.63) is 105 Å². The van der Waals surface area contributed by atoms with Crippen molar-refractivity contribution in [1.29, 1.82) is 0 Å². The zero-order chi connectivity index (χ0) is 22.7. The summed E-state index contributed by atoms with van der Waals surface area (Å²) >= 11 is 7.24. The van der Waals surface area contributed by atoms with Crippen molar-refractivity contribution in [2.45, 2.75) is 20.1 Å². The van der Waals surface area contributed by atoms with E-state index in [4.69, 9.17) is 16.3 Å². The molecule has 4 nitrogen and oxygen atoms in total. The Hall–Kier alpha value is -3.09. The summed E-state index contributed by atoms with van der Waals surface area (Å²) in [7, 11) is 0. The fourth-order valence-electron chi connectivity index (χ4n) is 3.18. The molecule has 1 saturated heterocycles. The predicted molar refractivity (Wildman–Crippen MR) is 125 cm³/mol. The summed E-state index contributed by atoms with van der Waals surface area (Å²) in [6.45, 7) is 2.39. The third-order valence-corrected chi connectivity index (χ3v) is 6.07. The Balaban J connectivity index is 1.45. The molecule has 3 aromatic rings. The minimum atomic E-state index is -0.330. The van der Waals surface area contributed by atoms with Crippen molar-refractivity contribution in [2.24, 2.45) is 0 Å². The van der Waals surface area contributed by atoms with Crippen LogP contribution < -0.4 is 4.74 Å². The number of rotatable bonds is 6. The van der Waals surface area contributed by atoms with E-state index >= 15 is 0 Å². The second kappa shape index (κ2) is 9.59. The van der Waals surface area contributed by atoms with Crippen LogP contribution in [0.5, 0.6) is 5.75 Å². The molecule has 1 aliphatic rings. The predicted octanol–water partition coefficient (Wildman–Crippen LogP) is 6.60. The maximum absolute atomic E-state index is 13.3. The monoisotopic (exact) mass is 467 g/mol. The van der Waals surface area contributed by atoms with E-state index < -0.39 is 0 Å². The molecule has 1 fully saturated rings. The van der Waals surface area contributed by atoms with E-state index in [9.17, 15) is 14.0 Å². The zero-order valence-corrected chi connectivity index (χ0v) is 18.8. The number of thioether (sulfide) groups is 1. The maximum Gasteiger partial charge on any atom is 0.293 e. The number of hydrogen-bond acceptors (Lipinski definition) is 4. The van der Waals surface area contributed by atoms with Crippen molar-refractivity contribution in [1.82, 2.24) is 4.90 Å². The van der Waals surface area contributed by atoms with Gasteiger partial charge in [-0.2, -0.15) is 0 Å². The van der Waals surface area contributed by atoms with Gasteiger partial charge in [-0.25, -0.2) is 4.39 Å². The molecule has 7 heteroatoms. The highest BCUT2D eigenvalue weighted by Crippen LogP contribution is 2.34. The molecule has 1 heterocycles. The number of amides is 2. The number of ether oxygens (including phenoxy) is 1. The topological polar surface area (TPSA) is 46.6 Å². The van der Waals surface area contributed by atoms with Crippen molar-refractivity contribution in [3.8, 4) is 5.75 Å². The number of imide groups is 1. The summed E-state index contributed by atoms with van der Waals surface area (Å²) < 4.78 is 19.0. The summed E-state index contributed by atoms with van der Waals surface area (Å²) in [6.07, 6.45) is 1.64. The van der Waals surface area contributed by atoms with Crippen molar-refractivity contribution < 1.29 is 18.7 Å². The third-order valence-electron chi connectivity index (χ3n) is 4.87. The normalized spacial score (nSPS) is 15.0. The summed E-state index contributed by atoms with van der Waals surface area (Å²) in [4.78, 5) is 26.7. The Bertz CT molecular complexity index is 1210. The lowest BCUT2D eigenvalue weighted by atomic mass is 10.1. The number of aryl methyl sites for hydroxylation is 1. The highest BCUT2D eigenvalue weighted by atomic mass is 35.5. The van der Waals surface area contributed by atoms with Crippen LogP contribution in [0.4, 0.5) is 9.18 Å². The number of halogens is 2. The molecule has 0 bridgehead atoms. The molecule has 162 valence electrons. The minimum absolute atomic E-state index is 0.175. The van der Waals surface area contributed by atoms with Crippen molar-refractivity contribution in [2.75, 3.05) is 0 Å². The van der Waals surface area contributed by atoms with Gasteiger partial charge in [0.2, 0.25) is 0 Å². The molecule has 0 atom stereocenters. The first-order valence-electron chi connectivity index (χ1n) is 9.87. The molecule has 0 unspecified atom stereocenters. The van der Waals surface area contributed by atoms with Gasteiger partial charge in [0.15, 0.2) is 0 Å². The standard InChI is InChI=1S/C25H19ClFNO3S/c1-16-5-7-17(8-6-16)14-28-24(29)23(32-25(28)30)13-18-9-10-22(21(26)12-18)31-15-19-3-2-4-20(27)11-19/h2-13H,14-15H2,1H3/b23-13-. The first-order chi connectivity index (χ1) is 15.4. The number of hydrogen-bond donors (Lipinski definition) is 0. The second-order valence-corrected chi connectivity index (χ2v) is 8.76. The molecule has 0 spiro atoms. The molecular formula is C25H19ClFNO3S. The van der Waals surface area contributed by atoms with E-state index in [1.807, 2.05) is 31.2 Å². The Kier molecular flexibility index (Phi) is 6.63. The van der Waals surface area contributed by atoms with Gasteiger partial charge >= 0.3 is 0 Å². The van der Waals surface area contributed by atoms with Crippen LogP contribution in [0.3, 0.4) is 0 Å². The highest BCUT2D eigenvalue weighted by molar-refractivity contribution is 8.18. The third kappa shape index (κ3) is 5.21. The molecular weight excluding hydrogens is 449 g/mol. The molecule has 2 amide bonds. The molecule has 0 radical (unpaired) electrons. The van der Waals surface area contributed by atoms with Crippen LogP contribution in [0.25, 0.3) is 6.08 Å². The van der Waals surface area contributed by atoms with Gasteiger partial charge in [-0.15, -0.1) is 0 Å². The number of nitrogens with zero attached hydrogens (tertiary/aromatic N) is 1. The van der Waals surface area contributed by atoms with E-state index in [1.54, 1.807) is 36.4 Å². The first-order valence-corrected chi connectivity index (χ1v) is 11.1. The fourth-order valence-corrected chi connectivity index (χ4v) is 4.26. The average Bonchev–Trinajstić information content (AvgIpc) is 3.02. The highest BCUT2D eigenvalue weighted by Gasteiger charge is 2.35. The summed E-state index contributed by atoms with van der Waals surface area (Å²) in [5, 5.41) is 0.0528. The van der Waals surface area contributed by atoms with Crippen molar-refractivity contribution >= 4 is 40.6 Å². The van der Waals surface area contributed by atoms with E-state index in [0.29, 0.717) is 26.8 Å².